The molecule has 0 bridgehead atoms. The fraction of sp³-hybridized carbons (Fsp3) is 0.0769. The second-order valence-electron chi connectivity index (χ2n) is 4.10. The summed E-state index contributed by atoms with van der Waals surface area (Å²) in [5, 5.41) is 3.92. The standard InChI is InChI=1S/C13H10IN5O2/c1-20-11-5-10(16-6-17-11)12-18-13(21-19-12)8-4-7(14)2-3-9(8)15/h2-6H,15H2,1H3. The number of rotatable bonds is 3. The van der Waals surface area contributed by atoms with Crippen molar-refractivity contribution in [1.29, 1.82) is 0 Å². The minimum absolute atomic E-state index is 0.346. The van der Waals surface area contributed by atoms with Crippen molar-refractivity contribution in [3.05, 3.63) is 34.2 Å². The Balaban J connectivity index is 2.01. The average molecular weight is 395 g/mol. The molecule has 8 heteroatoms. The second-order valence-corrected chi connectivity index (χ2v) is 5.35. The Kier molecular flexibility index (Phi) is 3.69. The predicted octanol–water partition coefficient (Wildman–Crippen LogP) is 2.39. The summed E-state index contributed by atoms with van der Waals surface area (Å²) in [6.07, 6.45) is 1.38. The van der Waals surface area contributed by atoms with E-state index in [1.807, 2.05) is 12.1 Å². The lowest BCUT2D eigenvalue weighted by Crippen LogP contribution is -1.93. The fourth-order valence-corrected chi connectivity index (χ4v) is 2.22. The number of nitrogens with zero attached hydrogens (tertiary/aromatic N) is 4. The van der Waals surface area contributed by atoms with Crippen LogP contribution in [0.2, 0.25) is 0 Å². The SMILES string of the molecule is COc1cc(-c2noc(-c3cc(I)ccc3N)n2)ncn1. The van der Waals surface area contributed by atoms with Gasteiger partial charge in [0.05, 0.1) is 12.7 Å². The van der Waals surface area contributed by atoms with Crippen molar-refractivity contribution in [2.45, 2.75) is 0 Å². The molecule has 7 nitrogen and oxygen atoms in total. The molecular weight excluding hydrogens is 385 g/mol. The van der Waals surface area contributed by atoms with Gasteiger partial charge in [0.1, 0.15) is 12.0 Å². The highest BCUT2D eigenvalue weighted by molar-refractivity contribution is 14.1. The molecule has 2 heterocycles. The summed E-state index contributed by atoms with van der Waals surface area (Å²) in [5.74, 6) is 1.13. The number of nitrogens with two attached hydrogens (primary N) is 1. The Hall–Kier alpha value is -2.23. The molecule has 0 radical (unpaired) electrons. The Labute approximate surface area is 133 Å². The third kappa shape index (κ3) is 2.79. The first-order valence-corrected chi connectivity index (χ1v) is 7.01. The van der Waals surface area contributed by atoms with E-state index in [1.54, 1.807) is 12.1 Å². The normalized spacial score (nSPS) is 10.6. The molecule has 0 fully saturated rings. The maximum Gasteiger partial charge on any atom is 0.260 e. The smallest absolute Gasteiger partial charge is 0.260 e. The van der Waals surface area contributed by atoms with Gasteiger partial charge in [-0.05, 0) is 40.8 Å². The van der Waals surface area contributed by atoms with Crippen molar-refractivity contribution < 1.29 is 9.26 Å². The molecule has 0 aliphatic heterocycles. The van der Waals surface area contributed by atoms with Gasteiger partial charge in [0, 0.05) is 15.3 Å². The Morgan fingerprint density at radius 1 is 1.24 bits per heavy atom. The molecule has 0 aliphatic rings. The summed E-state index contributed by atoms with van der Waals surface area (Å²) in [5.41, 5.74) is 7.72. The van der Waals surface area contributed by atoms with Crippen LogP contribution in [0.15, 0.2) is 35.1 Å². The highest BCUT2D eigenvalue weighted by Crippen LogP contribution is 2.28. The summed E-state index contributed by atoms with van der Waals surface area (Å²) in [6.45, 7) is 0. The van der Waals surface area contributed by atoms with Crippen molar-refractivity contribution >= 4 is 28.3 Å². The van der Waals surface area contributed by atoms with Crippen LogP contribution in [0.5, 0.6) is 5.88 Å². The first-order chi connectivity index (χ1) is 10.2. The van der Waals surface area contributed by atoms with Crippen LogP contribution in [-0.4, -0.2) is 27.2 Å². The maximum absolute atomic E-state index is 5.94. The number of ether oxygens (including phenoxy) is 1. The van der Waals surface area contributed by atoms with Crippen LogP contribution in [0.3, 0.4) is 0 Å². The minimum Gasteiger partial charge on any atom is -0.481 e. The van der Waals surface area contributed by atoms with Crippen LogP contribution in [0.4, 0.5) is 5.69 Å². The molecule has 3 rings (SSSR count). The molecule has 21 heavy (non-hydrogen) atoms. The van der Waals surface area contributed by atoms with Crippen LogP contribution >= 0.6 is 22.6 Å². The van der Waals surface area contributed by atoms with E-state index in [0.717, 1.165) is 3.57 Å². The van der Waals surface area contributed by atoms with Crippen LogP contribution in [0.25, 0.3) is 23.0 Å². The summed E-state index contributed by atoms with van der Waals surface area (Å²) in [6, 6.07) is 7.22. The molecule has 0 saturated carbocycles. The van der Waals surface area contributed by atoms with E-state index < -0.39 is 0 Å². The molecule has 106 valence electrons. The molecule has 1 aromatic carbocycles. The van der Waals surface area contributed by atoms with Crippen LogP contribution in [-0.2, 0) is 0 Å². The van der Waals surface area contributed by atoms with Gasteiger partial charge >= 0.3 is 0 Å². The van der Waals surface area contributed by atoms with Crippen molar-refractivity contribution in [2.75, 3.05) is 12.8 Å². The van der Waals surface area contributed by atoms with Gasteiger partial charge in [-0.3, -0.25) is 0 Å². The number of methoxy groups -OCH3 is 1. The Morgan fingerprint density at radius 2 is 2.10 bits per heavy atom. The third-order valence-corrected chi connectivity index (χ3v) is 3.42. The molecule has 0 atom stereocenters. The predicted molar refractivity (Wildman–Crippen MR) is 84.4 cm³/mol. The first kappa shape index (κ1) is 13.7. The summed E-state index contributed by atoms with van der Waals surface area (Å²) < 4.78 is 11.3. The second kappa shape index (κ2) is 5.64. The minimum atomic E-state index is 0.346. The molecule has 3 aromatic rings. The van der Waals surface area contributed by atoms with Gasteiger partial charge in [-0.2, -0.15) is 4.98 Å². The molecule has 0 unspecified atom stereocenters. The summed E-state index contributed by atoms with van der Waals surface area (Å²) in [7, 11) is 1.53. The topological polar surface area (TPSA) is 100.0 Å². The third-order valence-electron chi connectivity index (χ3n) is 2.75. The van der Waals surface area contributed by atoms with E-state index in [2.05, 4.69) is 42.7 Å². The maximum atomic E-state index is 5.94. The van der Waals surface area contributed by atoms with Crippen LogP contribution < -0.4 is 10.5 Å². The van der Waals surface area contributed by atoms with E-state index in [9.17, 15) is 0 Å². The van der Waals surface area contributed by atoms with Gasteiger partial charge in [-0.25, -0.2) is 9.97 Å². The van der Waals surface area contributed by atoms with Gasteiger partial charge in [-0.15, -0.1) is 0 Å². The molecule has 0 saturated heterocycles. The van der Waals surface area contributed by atoms with Gasteiger partial charge in [0.15, 0.2) is 0 Å². The highest BCUT2D eigenvalue weighted by Gasteiger charge is 2.15. The average Bonchev–Trinajstić information content (AvgIpc) is 2.99. The zero-order chi connectivity index (χ0) is 14.8. The molecule has 2 aromatic heterocycles. The highest BCUT2D eigenvalue weighted by atomic mass is 127. The molecule has 0 aliphatic carbocycles. The number of nitrogen functional groups attached to an aromatic ring is 1. The van der Waals surface area contributed by atoms with Crippen molar-refractivity contribution in [3.8, 4) is 28.9 Å². The van der Waals surface area contributed by atoms with Crippen molar-refractivity contribution in [1.82, 2.24) is 20.1 Å². The molecular formula is C13H10IN5O2. The molecule has 2 N–H and O–H groups in total. The lowest BCUT2D eigenvalue weighted by Gasteiger charge is -2.00. The van der Waals surface area contributed by atoms with Gasteiger partial charge in [0.25, 0.3) is 5.89 Å². The lowest BCUT2D eigenvalue weighted by molar-refractivity contribution is 0.397. The number of aromatic nitrogens is 4. The van der Waals surface area contributed by atoms with E-state index >= 15 is 0 Å². The van der Waals surface area contributed by atoms with Gasteiger partial charge in [0.2, 0.25) is 11.7 Å². The van der Waals surface area contributed by atoms with Crippen LogP contribution in [0, 0.1) is 3.57 Å². The lowest BCUT2D eigenvalue weighted by atomic mass is 10.2. The fourth-order valence-electron chi connectivity index (χ4n) is 1.72. The number of halogens is 1. The van der Waals surface area contributed by atoms with Gasteiger partial charge < -0.3 is 15.0 Å². The number of hydrogen-bond donors (Lipinski definition) is 1. The van der Waals surface area contributed by atoms with Gasteiger partial charge in [-0.1, -0.05) is 5.16 Å². The quantitative estimate of drug-likeness (QED) is 0.537. The van der Waals surface area contributed by atoms with Crippen molar-refractivity contribution in [2.24, 2.45) is 0 Å². The molecule has 0 spiro atoms. The summed E-state index contributed by atoms with van der Waals surface area (Å²) in [4.78, 5) is 12.4. The zero-order valence-electron chi connectivity index (χ0n) is 10.9. The number of anilines is 1. The van der Waals surface area contributed by atoms with E-state index in [0.29, 0.717) is 34.5 Å². The van der Waals surface area contributed by atoms with E-state index in [-0.39, 0.29) is 0 Å². The number of hydrogen-bond acceptors (Lipinski definition) is 7. The molecule has 0 amide bonds. The monoisotopic (exact) mass is 395 g/mol. The summed E-state index contributed by atoms with van der Waals surface area (Å²) >= 11 is 2.19. The Morgan fingerprint density at radius 3 is 2.90 bits per heavy atom. The van der Waals surface area contributed by atoms with Crippen molar-refractivity contribution in [3.63, 3.8) is 0 Å². The van der Waals surface area contributed by atoms with E-state index in [4.69, 9.17) is 15.0 Å². The largest absolute Gasteiger partial charge is 0.481 e. The Bertz CT molecular complexity index is 790. The van der Waals surface area contributed by atoms with Crippen LogP contribution in [0.1, 0.15) is 0 Å². The zero-order valence-corrected chi connectivity index (χ0v) is 13.1. The first-order valence-electron chi connectivity index (χ1n) is 5.93. The van der Waals surface area contributed by atoms with E-state index in [1.165, 1.54) is 13.4 Å². The number of benzene rings is 1.